The molecule has 2 aromatic carbocycles. The van der Waals surface area contributed by atoms with E-state index in [-0.39, 0.29) is 15.5 Å². The van der Waals surface area contributed by atoms with Gasteiger partial charge in [0, 0.05) is 21.6 Å². The van der Waals surface area contributed by atoms with Gasteiger partial charge < -0.3 is 9.47 Å². The second-order valence-electron chi connectivity index (χ2n) is 9.22. The lowest BCUT2D eigenvalue weighted by molar-refractivity contribution is -0.274. The summed E-state index contributed by atoms with van der Waals surface area (Å²) in [5.41, 5.74) is 1.60. The number of imide groups is 1. The Morgan fingerprint density at radius 1 is 1.09 bits per heavy atom. The van der Waals surface area contributed by atoms with Crippen LogP contribution in [-0.2, 0) is 20.5 Å². The summed E-state index contributed by atoms with van der Waals surface area (Å²) >= 11 is 7.32. The van der Waals surface area contributed by atoms with Gasteiger partial charge in [0.05, 0.1) is 17.1 Å². The minimum Gasteiger partial charge on any atom is -0.405 e. The highest BCUT2D eigenvalue weighted by Gasteiger charge is 2.39. The number of rotatable bonds is 3. The van der Waals surface area contributed by atoms with Crippen LogP contribution in [-0.4, -0.2) is 24.1 Å². The lowest BCUT2D eigenvalue weighted by Crippen LogP contribution is -2.39. The van der Waals surface area contributed by atoms with E-state index in [1.807, 2.05) is 27.7 Å². The lowest BCUT2D eigenvalue weighted by atomic mass is 9.74. The molecule has 0 unspecified atom stereocenters. The number of hydrogen-bond acceptors (Lipinski definition) is 5. The van der Waals surface area contributed by atoms with Crippen molar-refractivity contribution < 1.29 is 32.2 Å². The van der Waals surface area contributed by atoms with E-state index >= 15 is 0 Å². The van der Waals surface area contributed by atoms with Gasteiger partial charge in [0.2, 0.25) is 0 Å². The molecular formula is C24H21ClF3NO4S. The Morgan fingerprint density at radius 2 is 1.79 bits per heavy atom. The van der Waals surface area contributed by atoms with Crippen molar-refractivity contribution in [1.82, 2.24) is 5.32 Å². The van der Waals surface area contributed by atoms with Gasteiger partial charge >= 0.3 is 6.36 Å². The molecule has 1 saturated heterocycles. The largest absolute Gasteiger partial charge is 0.573 e. The molecule has 180 valence electrons. The minimum absolute atomic E-state index is 0.106. The quantitative estimate of drug-likeness (QED) is 0.460. The predicted molar refractivity (Wildman–Crippen MR) is 125 cm³/mol. The Morgan fingerprint density at radius 3 is 2.41 bits per heavy atom. The van der Waals surface area contributed by atoms with Gasteiger partial charge in [0.25, 0.3) is 11.1 Å². The van der Waals surface area contributed by atoms with Gasteiger partial charge in [-0.1, -0.05) is 31.5 Å². The Labute approximate surface area is 203 Å². The average molecular weight is 512 g/mol. The van der Waals surface area contributed by atoms with Crippen molar-refractivity contribution in [3.05, 3.63) is 56.9 Å². The van der Waals surface area contributed by atoms with E-state index in [0.717, 1.165) is 11.1 Å². The second kappa shape index (κ2) is 8.32. The number of fused-ring (bicyclic) bond motifs is 1. The summed E-state index contributed by atoms with van der Waals surface area (Å²) in [5.74, 6) is -0.997. The number of carbonyl (C=O) groups is 2. The highest BCUT2D eigenvalue weighted by molar-refractivity contribution is 8.18. The molecule has 4 rings (SSSR count). The van der Waals surface area contributed by atoms with Crippen molar-refractivity contribution in [1.29, 1.82) is 0 Å². The Bertz CT molecular complexity index is 1240. The van der Waals surface area contributed by atoms with Crippen LogP contribution in [0.5, 0.6) is 5.75 Å². The van der Waals surface area contributed by atoms with E-state index in [1.165, 1.54) is 24.3 Å². The number of thioether (sulfide) groups is 1. The van der Waals surface area contributed by atoms with Gasteiger partial charge in [0.15, 0.2) is 0 Å². The van der Waals surface area contributed by atoms with Gasteiger partial charge in [-0.2, -0.15) is 0 Å². The van der Waals surface area contributed by atoms with Crippen LogP contribution in [0.4, 0.5) is 18.0 Å². The van der Waals surface area contributed by atoms with Crippen molar-refractivity contribution in [2.75, 3.05) is 6.61 Å². The van der Waals surface area contributed by atoms with Crippen molar-refractivity contribution in [2.24, 2.45) is 0 Å². The number of alkyl halides is 3. The molecule has 1 N–H and O–H groups in total. The summed E-state index contributed by atoms with van der Waals surface area (Å²) in [7, 11) is 0. The van der Waals surface area contributed by atoms with Crippen molar-refractivity contribution >= 4 is 40.6 Å². The summed E-state index contributed by atoms with van der Waals surface area (Å²) in [4.78, 5) is 23.5. The molecule has 0 aromatic heterocycles. The first-order valence-corrected chi connectivity index (χ1v) is 11.5. The molecule has 2 heterocycles. The van der Waals surface area contributed by atoms with Crippen molar-refractivity contribution in [2.45, 2.75) is 45.1 Å². The van der Waals surface area contributed by atoms with Crippen LogP contribution in [0.1, 0.15) is 44.4 Å². The molecule has 0 atom stereocenters. The first kappa shape index (κ1) is 24.6. The van der Waals surface area contributed by atoms with E-state index < -0.39 is 34.3 Å². The molecule has 0 radical (unpaired) electrons. The summed E-state index contributed by atoms with van der Waals surface area (Å²) in [6, 6.07) is 7.49. The van der Waals surface area contributed by atoms with E-state index in [0.29, 0.717) is 29.5 Å². The van der Waals surface area contributed by atoms with Gasteiger partial charge in [-0.15, -0.1) is 13.2 Å². The van der Waals surface area contributed by atoms with Crippen molar-refractivity contribution in [3.8, 4) is 16.9 Å². The molecule has 0 saturated carbocycles. The fourth-order valence-corrected chi connectivity index (χ4v) is 4.94. The number of halogens is 4. The van der Waals surface area contributed by atoms with Crippen LogP contribution in [0.2, 0.25) is 5.02 Å². The molecule has 2 aromatic rings. The number of nitrogens with one attached hydrogen (secondary N) is 1. The number of amides is 2. The Balaban J connectivity index is 1.91. The molecule has 5 nitrogen and oxygen atoms in total. The fourth-order valence-electron chi connectivity index (χ4n) is 3.99. The average Bonchev–Trinajstić information content (AvgIpc) is 3.02. The predicted octanol–water partition coefficient (Wildman–Crippen LogP) is 6.77. The number of benzene rings is 2. The van der Waals surface area contributed by atoms with E-state index in [1.54, 1.807) is 12.1 Å². The Kier molecular flexibility index (Phi) is 6.03. The standard InChI is InChI=1S/C24H21ClF3NO4S/c1-22(2)11-32-23(3,4)16-10-17(25)13(9-15(16)22)14-7-12(5-6-18(14)33-24(26,27)28)8-19-20(30)29-21(31)34-19/h5-10H,11H2,1-4H3,(H,29,30,31)/b19-8-. The zero-order valence-corrected chi connectivity index (χ0v) is 20.3. The number of hydrogen-bond donors (Lipinski definition) is 1. The van der Waals surface area contributed by atoms with Crippen LogP contribution >= 0.6 is 23.4 Å². The molecule has 2 aliphatic heterocycles. The molecule has 10 heteroatoms. The molecular weight excluding hydrogens is 491 g/mol. The van der Waals surface area contributed by atoms with Crippen LogP contribution in [0, 0.1) is 0 Å². The molecule has 2 aliphatic rings. The highest BCUT2D eigenvalue weighted by Crippen LogP contribution is 2.47. The molecule has 34 heavy (non-hydrogen) atoms. The highest BCUT2D eigenvalue weighted by atomic mass is 35.5. The zero-order chi connectivity index (χ0) is 25.1. The Hall–Kier alpha value is -2.49. The van der Waals surface area contributed by atoms with Gasteiger partial charge in [-0.3, -0.25) is 14.9 Å². The third kappa shape index (κ3) is 4.82. The second-order valence-corrected chi connectivity index (χ2v) is 10.6. The summed E-state index contributed by atoms with van der Waals surface area (Å²) in [6.45, 7) is 8.22. The third-order valence-electron chi connectivity index (χ3n) is 5.74. The van der Waals surface area contributed by atoms with Crippen LogP contribution in [0.15, 0.2) is 35.2 Å². The molecule has 0 aliphatic carbocycles. The van der Waals surface area contributed by atoms with Crippen molar-refractivity contribution in [3.63, 3.8) is 0 Å². The van der Waals surface area contributed by atoms with Gasteiger partial charge in [0.1, 0.15) is 5.75 Å². The maximum Gasteiger partial charge on any atom is 0.573 e. The first-order chi connectivity index (χ1) is 15.7. The molecule has 0 spiro atoms. The van der Waals surface area contributed by atoms with Crippen LogP contribution in [0.3, 0.4) is 0 Å². The topological polar surface area (TPSA) is 64.6 Å². The fraction of sp³-hybridized carbons (Fsp3) is 0.333. The molecule has 2 amide bonds. The third-order valence-corrected chi connectivity index (χ3v) is 6.86. The molecule has 1 fully saturated rings. The monoisotopic (exact) mass is 511 g/mol. The lowest BCUT2D eigenvalue weighted by Gasteiger charge is -2.42. The molecule has 0 bridgehead atoms. The number of ether oxygens (including phenoxy) is 2. The maximum absolute atomic E-state index is 13.2. The zero-order valence-electron chi connectivity index (χ0n) is 18.7. The van der Waals surface area contributed by atoms with Gasteiger partial charge in [-0.25, -0.2) is 0 Å². The SMILES string of the molecule is CC1(C)COC(C)(C)c2cc(Cl)c(-c3cc(/C=C4\SC(=O)NC4=O)ccc3OC(F)(F)F)cc21. The minimum atomic E-state index is -4.92. The summed E-state index contributed by atoms with van der Waals surface area (Å²) in [5, 5.41) is 1.86. The van der Waals surface area contributed by atoms with E-state index in [2.05, 4.69) is 10.1 Å². The summed E-state index contributed by atoms with van der Waals surface area (Å²) in [6.07, 6.45) is -3.49. The maximum atomic E-state index is 13.2. The van der Waals surface area contributed by atoms with E-state index in [9.17, 15) is 22.8 Å². The smallest absolute Gasteiger partial charge is 0.405 e. The summed E-state index contributed by atoms with van der Waals surface area (Å²) < 4.78 is 49.8. The van der Waals surface area contributed by atoms with Crippen LogP contribution in [0.25, 0.3) is 17.2 Å². The van der Waals surface area contributed by atoms with Crippen LogP contribution < -0.4 is 10.1 Å². The normalized spacial score (nSPS) is 20.3. The van der Waals surface area contributed by atoms with E-state index in [4.69, 9.17) is 16.3 Å². The first-order valence-electron chi connectivity index (χ1n) is 10.3. The van der Waals surface area contributed by atoms with Gasteiger partial charge in [-0.05, 0) is 72.6 Å². The number of carbonyl (C=O) groups excluding carboxylic acids is 2.